The van der Waals surface area contributed by atoms with Gasteiger partial charge in [-0.25, -0.2) is 9.78 Å². The van der Waals surface area contributed by atoms with E-state index in [0.717, 1.165) is 11.1 Å². The number of aromatic amines is 1. The fourth-order valence-corrected chi connectivity index (χ4v) is 4.72. The standard InChI is InChI=1S/C30H26N6O4/c37-28(22-12-4-5-13-24(22)34-30(38)39-18-19-8-2-1-3-9-19)33-21-11-6-10-20(16-21)26-23(17-32-36-26)29-35-27-25(40-29)14-7-15-31-27/h1-11,14-17,22,24H,12-13,18H2,(H,32,36)(H,33,37)(H,34,38). The lowest BCUT2D eigenvalue weighted by atomic mass is 9.88. The van der Waals surface area contributed by atoms with Gasteiger partial charge in [-0.3, -0.25) is 9.89 Å². The highest BCUT2D eigenvalue weighted by atomic mass is 16.5. The number of benzene rings is 2. The van der Waals surface area contributed by atoms with Crippen LogP contribution in [0.3, 0.4) is 0 Å². The Morgan fingerprint density at radius 3 is 2.77 bits per heavy atom. The number of pyridine rings is 1. The highest BCUT2D eigenvalue weighted by Crippen LogP contribution is 2.32. The fourth-order valence-electron chi connectivity index (χ4n) is 4.72. The second-order valence-corrected chi connectivity index (χ2v) is 9.43. The molecule has 6 rings (SSSR count). The van der Waals surface area contributed by atoms with Gasteiger partial charge in [0.25, 0.3) is 0 Å². The largest absolute Gasteiger partial charge is 0.445 e. The summed E-state index contributed by atoms with van der Waals surface area (Å²) in [6, 6.07) is 20.1. The molecule has 0 spiro atoms. The number of nitrogens with zero attached hydrogens (tertiary/aromatic N) is 3. The van der Waals surface area contributed by atoms with Crippen molar-refractivity contribution >= 4 is 28.9 Å². The number of fused-ring (bicyclic) bond motifs is 1. The van der Waals surface area contributed by atoms with Crippen molar-refractivity contribution in [3.63, 3.8) is 0 Å². The predicted octanol–water partition coefficient (Wildman–Crippen LogP) is 5.48. The summed E-state index contributed by atoms with van der Waals surface area (Å²) in [5.41, 5.74) is 4.77. The summed E-state index contributed by atoms with van der Waals surface area (Å²) in [5, 5.41) is 13.1. The molecule has 3 heterocycles. The van der Waals surface area contributed by atoms with Gasteiger partial charge >= 0.3 is 6.09 Å². The molecule has 1 aliphatic rings. The molecule has 0 aliphatic heterocycles. The third-order valence-electron chi connectivity index (χ3n) is 6.74. The summed E-state index contributed by atoms with van der Waals surface area (Å²) in [4.78, 5) is 34.5. The van der Waals surface area contributed by atoms with Crippen LogP contribution < -0.4 is 10.6 Å². The van der Waals surface area contributed by atoms with Crippen molar-refractivity contribution in [1.82, 2.24) is 25.5 Å². The van der Waals surface area contributed by atoms with Crippen molar-refractivity contribution < 1.29 is 18.7 Å². The molecule has 2 unspecified atom stereocenters. The molecule has 0 saturated heterocycles. The zero-order valence-corrected chi connectivity index (χ0v) is 21.4. The number of ether oxygens (including phenoxy) is 1. The summed E-state index contributed by atoms with van der Waals surface area (Å²) >= 11 is 0. The SMILES string of the molecule is O=C(NC1CC=CCC1C(=O)Nc1cccc(-c2[nH]ncc2-c2nc3ncccc3o2)c1)OCc1ccccc1. The number of allylic oxidation sites excluding steroid dienone is 1. The minimum Gasteiger partial charge on any atom is -0.445 e. The van der Waals surface area contributed by atoms with Crippen LogP contribution in [0.15, 0.2) is 95.7 Å². The number of alkyl carbamates (subject to hydrolysis) is 1. The van der Waals surface area contributed by atoms with Crippen LogP contribution in [0.2, 0.25) is 0 Å². The highest BCUT2D eigenvalue weighted by Gasteiger charge is 2.30. The van der Waals surface area contributed by atoms with Crippen molar-refractivity contribution in [3.05, 3.63) is 96.8 Å². The van der Waals surface area contributed by atoms with Crippen molar-refractivity contribution in [2.24, 2.45) is 5.92 Å². The van der Waals surface area contributed by atoms with E-state index in [9.17, 15) is 9.59 Å². The first-order chi connectivity index (χ1) is 19.6. The first kappa shape index (κ1) is 25.1. The summed E-state index contributed by atoms with van der Waals surface area (Å²) in [6.07, 6.45) is 7.72. The molecule has 0 fully saturated rings. The number of amides is 2. The Bertz CT molecular complexity index is 1640. The van der Waals surface area contributed by atoms with Crippen LogP contribution in [0, 0.1) is 5.92 Å². The number of oxazole rings is 1. The van der Waals surface area contributed by atoms with Crippen LogP contribution in [0.25, 0.3) is 33.9 Å². The fraction of sp³-hybridized carbons (Fsp3) is 0.167. The van der Waals surface area contributed by atoms with Crippen molar-refractivity contribution in [3.8, 4) is 22.7 Å². The van der Waals surface area contributed by atoms with Crippen LogP contribution in [-0.4, -0.2) is 38.2 Å². The number of anilines is 1. The van der Waals surface area contributed by atoms with Crippen molar-refractivity contribution in [2.75, 3.05) is 5.32 Å². The van der Waals surface area contributed by atoms with Gasteiger partial charge in [0.2, 0.25) is 11.8 Å². The zero-order valence-electron chi connectivity index (χ0n) is 21.4. The quantitative estimate of drug-likeness (QED) is 0.235. The number of hydrogen-bond acceptors (Lipinski definition) is 7. The van der Waals surface area contributed by atoms with Crippen LogP contribution in [0.1, 0.15) is 18.4 Å². The van der Waals surface area contributed by atoms with Gasteiger partial charge in [0.1, 0.15) is 6.61 Å². The van der Waals surface area contributed by atoms with Crippen LogP contribution >= 0.6 is 0 Å². The molecular weight excluding hydrogens is 508 g/mol. The predicted molar refractivity (Wildman–Crippen MR) is 149 cm³/mol. The lowest BCUT2D eigenvalue weighted by Crippen LogP contribution is -2.45. The lowest BCUT2D eigenvalue weighted by Gasteiger charge is -2.28. The normalized spacial score (nSPS) is 16.5. The average Bonchev–Trinajstić information content (AvgIpc) is 3.64. The molecule has 0 saturated carbocycles. The number of H-pyrrole nitrogens is 1. The maximum absolute atomic E-state index is 13.3. The molecule has 10 heteroatoms. The summed E-state index contributed by atoms with van der Waals surface area (Å²) in [6.45, 7) is 0.161. The molecule has 2 atom stereocenters. The number of nitrogens with one attached hydrogen (secondary N) is 3. The molecule has 3 N–H and O–H groups in total. The molecule has 2 amide bonds. The van der Waals surface area contributed by atoms with Gasteiger partial charge in [-0.05, 0) is 42.7 Å². The van der Waals surface area contributed by atoms with E-state index in [2.05, 4.69) is 30.8 Å². The van der Waals surface area contributed by atoms with E-state index in [1.54, 1.807) is 24.5 Å². The molecule has 3 aromatic heterocycles. The highest BCUT2D eigenvalue weighted by molar-refractivity contribution is 5.94. The first-order valence-corrected chi connectivity index (χ1v) is 12.9. The second-order valence-electron chi connectivity index (χ2n) is 9.43. The molecule has 5 aromatic rings. The molecule has 2 aromatic carbocycles. The Hall–Kier alpha value is -5.25. The lowest BCUT2D eigenvalue weighted by molar-refractivity contribution is -0.120. The van der Waals surface area contributed by atoms with Crippen LogP contribution in [0.4, 0.5) is 10.5 Å². The Morgan fingerprint density at radius 2 is 1.90 bits per heavy atom. The maximum Gasteiger partial charge on any atom is 0.407 e. The number of hydrogen-bond donors (Lipinski definition) is 3. The molecule has 10 nitrogen and oxygen atoms in total. The Labute approximate surface area is 229 Å². The number of aromatic nitrogens is 4. The van der Waals surface area contributed by atoms with Gasteiger partial charge in [-0.2, -0.15) is 10.1 Å². The monoisotopic (exact) mass is 534 g/mol. The van der Waals surface area contributed by atoms with Gasteiger partial charge in [0.05, 0.1) is 23.4 Å². The van der Waals surface area contributed by atoms with E-state index in [4.69, 9.17) is 9.15 Å². The van der Waals surface area contributed by atoms with Gasteiger partial charge in [0.15, 0.2) is 11.2 Å². The van der Waals surface area contributed by atoms with E-state index in [-0.39, 0.29) is 18.6 Å². The Balaban J connectivity index is 1.14. The number of carbonyl (C=O) groups excluding carboxylic acids is 2. The number of rotatable bonds is 7. The summed E-state index contributed by atoms with van der Waals surface area (Å²) < 4.78 is 11.2. The van der Waals surface area contributed by atoms with Gasteiger partial charge in [-0.15, -0.1) is 0 Å². The third kappa shape index (κ3) is 5.46. The van der Waals surface area contributed by atoms with Crippen LogP contribution in [0.5, 0.6) is 0 Å². The average molecular weight is 535 g/mol. The van der Waals surface area contributed by atoms with Gasteiger partial charge in [0, 0.05) is 23.5 Å². The smallest absolute Gasteiger partial charge is 0.407 e. The first-order valence-electron chi connectivity index (χ1n) is 12.9. The second kappa shape index (κ2) is 11.2. The Kier molecular flexibility index (Phi) is 7.04. The summed E-state index contributed by atoms with van der Waals surface area (Å²) in [7, 11) is 0. The van der Waals surface area contributed by atoms with E-state index in [0.29, 0.717) is 46.9 Å². The van der Waals surface area contributed by atoms with E-state index >= 15 is 0 Å². The minimum absolute atomic E-state index is 0.161. The van der Waals surface area contributed by atoms with Crippen LogP contribution in [-0.2, 0) is 16.1 Å². The van der Waals surface area contributed by atoms with E-state index in [1.165, 1.54) is 0 Å². The topological polar surface area (TPSA) is 135 Å². The zero-order chi connectivity index (χ0) is 27.3. The molecule has 200 valence electrons. The molecule has 1 aliphatic carbocycles. The molecule has 0 bridgehead atoms. The van der Waals surface area contributed by atoms with Gasteiger partial charge in [-0.1, -0.05) is 54.6 Å². The van der Waals surface area contributed by atoms with Crippen molar-refractivity contribution in [2.45, 2.75) is 25.5 Å². The maximum atomic E-state index is 13.3. The molecule has 40 heavy (non-hydrogen) atoms. The third-order valence-corrected chi connectivity index (χ3v) is 6.74. The number of carbonyl (C=O) groups is 2. The Morgan fingerprint density at radius 1 is 1.02 bits per heavy atom. The summed E-state index contributed by atoms with van der Waals surface area (Å²) in [5.74, 6) is -0.244. The van der Waals surface area contributed by atoms with Gasteiger partial charge < -0.3 is 19.8 Å². The minimum atomic E-state index is -0.551. The van der Waals surface area contributed by atoms with E-state index in [1.807, 2.05) is 66.7 Å². The molecular formula is C30H26N6O4. The van der Waals surface area contributed by atoms with E-state index < -0.39 is 12.0 Å². The van der Waals surface area contributed by atoms with Crippen molar-refractivity contribution in [1.29, 1.82) is 0 Å². The molecule has 0 radical (unpaired) electrons.